The minimum Gasteiger partial charge on any atom is -0.438 e. The fourth-order valence-electron chi connectivity index (χ4n) is 5.45. The van der Waals surface area contributed by atoms with Crippen molar-refractivity contribution in [2.75, 3.05) is 60.9 Å². The lowest BCUT2D eigenvalue weighted by molar-refractivity contribution is -0.127. The third-order valence-corrected chi connectivity index (χ3v) is 8.51. The number of nitrogens with zero attached hydrogens (tertiary/aromatic N) is 3. The van der Waals surface area contributed by atoms with Crippen molar-refractivity contribution in [2.45, 2.75) is 31.3 Å². The maximum atomic E-state index is 13.1. The highest BCUT2D eigenvalue weighted by Gasteiger charge is 2.24. The molecule has 228 valence electrons. The van der Waals surface area contributed by atoms with Crippen molar-refractivity contribution in [2.24, 2.45) is 5.14 Å². The van der Waals surface area contributed by atoms with Gasteiger partial charge in [-0.15, -0.1) is 0 Å². The molecule has 0 radical (unpaired) electrons. The second-order valence-corrected chi connectivity index (χ2v) is 12.2. The fourth-order valence-corrected chi connectivity index (χ4v) is 5.92. The van der Waals surface area contributed by atoms with Crippen LogP contribution in [0.15, 0.2) is 64.1 Å². The van der Waals surface area contributed by atoms with Gasteiger partial charge in [0.15, 0.2) is 5.76 Å². The highest BCUT2D eigenvalue weighted by Crippen LogP contribution is 2.31. The fraction of sp³-hybridized carbons (Fsp3) is 0.367. The molecule has 2 aliphatic rings. The van der Waals surface area contributed by atoms with Crippen LogP contribution < -0.4 is 25.6 Å². The summed E-state index contributed by atoms with van der Waals surface area (Å²) in [6, 6.07) is 15.7. The van der Waals surface area contributed by atoms with Gasteiger partial charge in [0, 0.05) is 63.5 Å². The Bertz CT molecular complexity index is 1610. The van der Waals surface area contributed by atoms with E-state index < -0.39 is 21.0 Å². The van der Waals surface area contributed by atoms with Gasteiger partial charge in [-0.25, -0.2) is 13.6 Å². The molecule has 0 aliphatic carbocycles. The number of likely N-dealkylation sites (tertiary alicyclic amines) is 1. The van der Waals surface area contributed by atoms with Crippen LogP contribution in [0.3, 0.4) is 0 Å². The van der Waals surface area contributed by atoms with Crippen molar-refractivity contribution in [3.8, 4) is 0 Å². The molecule has 0 saturated carbocycles. The number of piperazine rings is 1. The van der Waals surface area contributed by atoms with Gasteiger partial charge in [-0.05, 0) is 61.7 Å². The number of primary sulfonamides is 1. The number of carbonyl (C=O) groups is 3. The Balaban J connectivity index is 1.31. The molecule has 13 heteroatoms. The van der Waals surface area contributed by atoms with Crippen LogP contribution in [-0.4, -0.2) is 76.9 Å². The molecule has 1 aromatic heterocycles. The van der Waals surface area contributed by atoms with E-state index >= 15 is 0 Å². The average molecular weight is 609 g/mol. The van der Waals surface area contributed by atoms with E-state index in [-0.39, 0.29) is 17.6 Å². The highest BCUT2D eigenvalue weighted by atomic mass is 32.2. The van der Waals surface area contributed by atoms with E-state index in [1.165, 1.54) is 17.3 Å². The maximum absolute atomic E-state index is 13.1. The summed E-state index contributed by atoms with van der Waals surface area (Å²) < 4.78 is 28.5. The third kappa shape index (κ3) is 7.17. The summed E-state index contributed by atoms with van der Waals surface area (Å²) in [7, 11) is -4.12. The van der Waals surface area contributed by atoms with Crippen LogP contribution in [0.2, 0.25) is 0 Å². The lowest BCUT2D eigenvalue weighted by atomic mass is 10.1. The number of anilines is 3. The molecule has 3 heterocycles. The molecule has 0 unspecified atom stereocenters. The Kier molecular flexibility index (Phi) is 9.02. The first-order chi connectivity index (χ1) is 20.6. The van der Waals surface area contributed by atoms with Gasteiger partial charge in [0.2, 0.25) is 11.0 Å². The number of nitrogens with two attached hydrogens (primary N) is 1. The van der Waals surface area contributed by atoms with Crippen molar-refractivity contribution in [3.05, 3.63) is 71.5 Å². The molecule has 0 spiro atoms. The van der Waals surface area contributed by atoms with Crippen LogP contribution in [0.1, 0.15) is 45.7 Å². The van der Waals surface area contributed by atoms with E-state index in [9.17, 15) is 22.8 Å². The van der Waals surface area contributed by atoms with E-state index in [2.05, 4.69) is 39.5 Å². The Morgan fingerprint density at radius 1 is 0.930 bits per heavy atom. The number of benzene rings is 2. The quantitative estimate of drug-likeness (QED) is 0.296. The number of amides is 3. The van der Waals surface area contributed by atoms with Gasteiger partial charge in [0.25, 0.3) is 21.8 Å². The van der Waals surface area contributed by atoms with Crippen molar-refractivity contribution < 1.29 is 27.2 Å². The first-order valence-electron chi connectivity index (χ1n) is 14.3. The minimum absolute atomic E-state index is 0.148. The third-order valence-electron chi connectivity index (χ3n) is 7.73. The molecular formula is C30H36N6O6S. The zero-order chi connectivity index (χ0) is 30.6. The lowest BCUT2D eigenvalue weighted by Gasteiger charge is -2.38. The molecular weight excluding hydrogens is 572 g/mol. The maximum Gasteiger partial charge on any atom is 0.291 e. The largest absolute Gasteiger partial charge is 0.438 e. The van der Waals surface area contributed by atoms with E-state index in [1.807, 2.05) is 17.0 Å². The number of aryl methyl sites for hydroxylation is 1. The molecule has 4 N–H and O–H groups in total. The zero-order valence-corrected chi connectivity index (χ0v) is 24.9. The monoisotopic (exact) mass is 608 g/mol. The molecule has 5 rings (SSSR count). The molecule has 43 heavy (non-hydrogen) atoms. The highest BCUT2D eigenvalue weighted by molar-refractivity contribution is 7.89. The van der Waals surface area contributed by atoms with Crippen LogP contribution in [0, 0.1) is 6.92 Å². The van der Waals surface area contributed by atoms with Gasteiger partial charge in [-0.3, -0.25) is 14.4 Å². The summed E-state index contributed by atoms with van der Waals surface area (Å²) >= 11 is 0. The summed E-state index contributed by atoms with van der Waals surface area (Å²) in [6.45, 7) is 6.70. The Morgan fingerprint density at radius 2 is 1.65 bits per heavy atom. The van der Waals surface area contributed by atoms with Crippen LogP contribution in [0.25, 0.3) is 0 Å². The summed E-state index contributed by atoms with van der Waals surface area (Å²) in [5, 5.41) is 10.3. The molecule has 3 amide bonds. The number of furan rings is 1. The number of hydrogen-bond acceptors (Lipinski definition) is 8. The Morgan fingerprint density at radius 3 is 2.30 bits per heavy atom. The number of rotatable bonds is 10. The average Bonchev–Trinajstić information content (AvgIpc) is 3.65. The molecule has 2 fully saturated rings. The molecule has 2 saturated heterocycles. The van der Waals surface area contributed by atoms with Gasteiger partial charge in [-0.1, -0.05) is 18.2 Å². The van der Waals surface area contributed by atoms with Gasteiger partial charge in [-0.2, -0.15) is 0 Å². The van der Waals surface area contributed by atoms with Crippen molar-refractivity contribution in [1.29, 1.82) is 0 Å². The molecule has 0 atom stereocenters. The van der Waals surface area contributed by atoms with Crippen LogP contribution in [0.4, 0.5) is 17.1 Å². The Hall–Kier alpha value is -4.36. The van der Waals surface area contributed by atoms with Crippen LogP contribution >= 0.6 is 0 Å². The summed E-state index contributed by atoms with van der Waals surface area (Å²) in [5.74, 6) is -1.07. The molecule has 2 aliphatic heterocycles. The zero-order valence-electron chi connectivity index (χ0n) is 24.0. The number of para-hydroxylation sites is 1. The number of sulfonamides is 1. The SMILES string of the molecule is Cc1ccccc1N1CCN(c2ccc(C(=O)NCCCN3CCCC3=O)cc2NC(=O)c2ccc(S(N)(=O)=O)o2)CC1. The van der Waals surface area contributed by atoms with Crippen molar-refractivity contribution >= 4 is 44.8 Å². The van der Waals surface area contributed by atoms with Gasteiger partial charge in [0.05, 0.1) is 11.4 Å². The predicted octanol–water partition coefficient (Wildman–Crippen LogP) is 2.56. The van der Waals surface area contributed by atoms with E-state index in [1.54, 1.807) is 18.2 Å². The van der Waals surface area contributed by atoms with E-state index in [4.69, 9.17) is 9.56 Å². The first-order valence-corrected chi connectivity index (χ1v) is 15.8. The van der Waals surface area contributed by atoms with E-state index in [0.717, 1.165) is 37.8 Å². The molecule has 3 aromatic rings. The Labute approximate surface area is 250 Å². The summed E-state index contributed by atoms with van der Waals surface area (Å²) in [6.07, 6.45) is 2.08. The van der Waals surface area contributed by atoms with E-state index in [0.29, 0.717) is 50.3 Å². The summed E-state index contributed by atoms with van der Waals surface area (Å²) in [5.41, 5.74) is 3.83. The summed E-state index contributed by atoms with van der Waals surface area (Å²) in [4.78, 5) is 44.2. The molecule has 0 bridgehead atoms. The topological polar surface area (TPSA) is 158 Å². The van der Waals surface area contributed by atoms with Gasteiger partial charge < -0.3 is 29.8 Å². The van der Waals surface area contributed by atoms with Crippen LogP contribution in [-0.2, 0) is 14.8 Å². The number of hydrogen-bond donors (Lipinski definition) is 3. The lowest BCUT2D eigenvalue weighted by Crippen LogP contribution is -2.47. The molecule has 2 aromatic carbocycles. The van der Waals surface area contributed by atoms with Gasteiger partial charge in [0.1, 0.15) is 0 Å². The standard InChI is InChI=1S/C30H36N6O6S/c1-21-6-2-3-7-24(21)34-16-18-35(19-17-34)25-10-9-22(29(38)32-13-5-15-36-14-4-8-27(36)37)20-23(25)33-30(39)26-11-12-28(42-26)43(31,40)41/h2-3,6-7,9-12,20H,4-5,8,13-19H2,1H3,(H,32,38)(H,33,39)(H2,31,40,41). The molecule has 12 nitrogen and oxygen atoms in total. The predicted molar refractivity (Wildman–Crippen MR) is 163 cm³/mol. The van der Waals surface area contributed by atoms with Crippen LogP contribution in [0.5, 0.6) is 0 Å². The second kappa shape index (κ2) is 12.9. The second-order valence-electron chi connectivity index (χ2n) is 10.7. The van der Waals surface area contributed by atoms with Gasteiger partial charge >= 0.3 is 0 Å². The van der Waals surface area contributed by atoms with Crippen molar-refractivity contribution in [3.63, 3.8) is 0 Å². The number of carbonyl (C=O) groups excluding carboxylic acids is 3. The normalized spacial score (nSPS) is 15.6. The minimum atomic E-state index is -4.12. The number of nitrogens with one attached hydrogen (secondary N) is 2. The first kappa shape index (κ1) is 30.1. The smallest absolute Gasteiger partial charge is 0.291 e. The van der Waals surface area contributed by atoms with Crippen molar-refractivity contribution in [1.82, 2.24) is 10.2 Å².